The summed E-state index contributed by atoms with van der Waals surface area (Å²) < 4.78 is 21.5. The molecule has 2 aromatic carbocycles. The van der Waals surface area contributed by atoms with E-state index in [4.69, 9.17) is 18.9 Å². The summed E-state index contributed by atoms with van der Waals surface area (Å²) in [5.74, 6) is 3.09. The van der Waals surface area contributed by atoms with Crippen molar-refractivity contribution in [1.29, 1.82) is 0 Å². The number of methoxy groups -OCH3 is 4. The molecule has 1 atom stereocenters. The van der Waals surface area contributed by atoms with Crippen LogP contribution >= 0.6 is 0 Å². The van der Waals surface area contributed by atoms with Gasteiger partial charge in [-0.3, -0.25) is 0 Å². The van der Waals surface area contributed by atoms with Crippen LogP contribution in [0.5, 0.6) is 23.0 Å². The fraction of sp³-hybridized carbons (Fsp3) is 0.400. The molecule has 3 rings (SSSR count). The average molecular weight is 343 g/mol. The summed E-state index contributed by atoms with van der Waals surface area (Å²) >= 11 is 0. The summed E-state index contributed by atoms with van der Waals surface area (Å²) in [6, 6.07) is 10.6. The van der Waals surface area contributed by atoms with Gasteiger partial charge in [0.15, 0.2) is 23.0 Å². The molecule has 0 amide bonds. The summed E-state index contributed by atoms with van der Waals surface area (Å²) in [5, 5.41) is 3.61. The second-order valence-electron chi connectivity index (χ2n) is 6.15. The predicted molar refractivity (Wildman–Crippen MR) is 97.1 cm³/mol. The normalized spacial score (nSPS) is 16.1. The molecule has 1 unspecified atom stereocenters. The minimum Gasteiger partial charge on any atom is -0.493 e. The van der Waals surface area contributed by atoms with Gasteiger partial charge in [0.25, 0.3) is 0 Å². The Morgan fingerprint density at radius 1 is 0.800 bits per heavy atom. The van der Waals surface area contributed by atoms with E-state index in [-0.39, 0.29) is 0 Å². The van der Waals surface area contributed by atoms with Crippen molar-refractivity contribution in [3.63, 3.8) is 0 Å². The third-order valence-electron chi connectivity index (χ3n) is 4.68. The maximum absolute atomic E-state index is 5.44. The van der Waals surface area contributed by atoms with Crippen LogP contribution in [-0.2, 0) is 19.4 Å². The molecule has 0 saturated carbocycles. The number of benzene rings is 2. The molecule has 2 aromatic rings. The molecule has 1 aliphatic rings. The SMILES string of the molecule is COc1ccc(CC2Cc3cc(OC)c(OC)cc3CN2)cc1OC. The van der Waals surface area contributed by atoms with Crippen molar-refractivity contribution >= 4 is 0 Å². The lowest BCUT2D eigenvalue weighted by Crippen LogP contribution is -2.37. The lowest BCUT2D eigenvalue weighted by Gasteiger charge is -2.27. The van der Waals surface area contributed by atoms with Crippen molar-refractivity contribution < 1.29 is 18.9 Å². The fourth-order valence-corrected chi connectivity index (χ4v) is 3.35. The molecule has 0 aromatic heterocycles. The number of nitrogens with one attached hydrogen (secondary N) is 1. The van der Waals surface area contributed by atoms with Gasteiger partial charge in [0, 0.05) is 12.6 Å². The zero-order valence-corrected chi connectivity index (χ0v) is 15.2. The molecule has 1 N–H and O–H groups in total. The van der Waals surface area contributed by atoms with Crippen LogP contribution < -0.4 is 24.3 Å². The Morgan fingerprint density at radius 2 is 1.40 bits per heavy atom. The highest BCUT2D eigenvalue weighted by molar-refractivity contribution is 5.49. The highest BCUT2D eigenvalue weighted by Gasteiger charge is 2.21. The van der Waals surface area contributed by atoms with Gasteiger partial charge in [-0.15, -0.1) is 0 Å². The Kier molecular flexibility index (Phi) is 5.34. The zero-order chi connectivity index (χ0) is 17.8. The third-order valence-corrected chi connectivity index (χ3v) is 4.68. The van der Waals surface area contributed by atoms with Crippen LogP contribution in [0.2, 0.25) is 0 Å². The lowest BCUT2D eigenvalue weighted by molar-refractivity contribution is 0.351. The Morgan fingerprint density at radius 3 is 2.04 bits per heavy atom. The first-order valence-electron chi connectivity index (χ1n) is 8.36. The number of rotatable bonds is 6. The summed E-state index contributed by atoms with van der Waals surface area (Å²) in [4.78, 5) is 0. The van der Waals surface area contributed by atoms with E-state index in [1.807, 2.05) is 12.1 Å². The molecule has 0 fully saturated rings. The molecule has 1 heterocycles. The largest absolute Gasteiger partial charge is 0.493 e. The second kappa shape index (κ2) is 7.66. The van der Waals surface area contributed by atoms with Gasteiger partial charge >= 0.3 is 0 Å². The highest BCUT2D eigenvalue weighted by atomic mass is 16.5. The predicted octanol–water partition coefficient (Wildman–Crippen LogP) is 2.98. The Labute approximate surface area is 148 Å². The van der Waals surface area contributed by atoms with Crippen LogP contribution in [0.25, 0.3) is 0 Å². The van der Waals surface area contributed by atoms with Gasteiger partial charge < -0.3 is 24.3 Å². The summed E-state index contributed by atoms with van der Waals surface area (Å²) in [6.45, 7) is 0.827. The van der Waals surface area contributed by atoms with Gasteiger partial charge in [0.05, 0.1) is 28.4 Å². The van der Waals surface area contributed by atoms with Gasteiger partial charge in [0.2, 0.25) is 0 Å². The lowest BCUT2D eigenvalue weighted by atomic mass is 9.91. The van der Waals surface area contributed by atoms with Crippen LogP contribution in [0.4, 0.5) is 0 Å². The monoisotopic (exact) mass is 343 g/mol. The maximum atomic E-state index is 5.44. The first-order valence-corrected chi connectivity index (χ1v) is 8.36. The van der Waals surface area contributed by atoms with Crippen LogP contribution in [-0.4, -0.2) is 34.5 Å². The van der Waals surface area contributed by atoms with E-state index in [0.717, 1.165) is 42.4 Å². The van der Waals surface area contributed by atoms with Crippen molar-refractivity contribution in [3.8, 4) is 23.0 Å². The van der Waals surface area contributed by atoms with E-state index >= 15 is 0 Å². The van der Waals surface area contributed by atoms with E-state index in [1.165, 1.54) is 16.7 Å². The minimum absolute atomic E-state index is 0.365. The number of fused-ring (bicyclic) bond motifs is 1. The van der Waals surface area contributed by atoms with Crippen molar-refractivity contribution in [2.45, 2.75) is 25.4 Å². The molecular weight excluding hydrogens is 318 g/mol. The van der Waals surface area contributed by atoms with Gasteiger partial charge in [0.1, 0.15) is 0 Å². The quantitative estimate of drug-likeness (QED) is 0.874. The molecule has 0 spiro atoms. The third kappa shape index (κ3) is 3.66. The molecule has 5 nitrogen and oxygen atoms in total. The molecule has 0 saturated heterocycles. The highest BCUT2D eigenvalue weighted by Crippen LogP contribution is 2.33. The first-order chi connectivity index (χ1) is 12.2. The smallest absolute Gasteiger partial charge is 0.161 e. The Balaban J connectivity index is 1.77. The Hall–Kier alpha value is -2.40. The summed E-state index contributed by atoms with van der Waals surface area (Å²) in [5.41, 5.74) is 3.79. The number of ether oxygens (including phenoxy) is 4. The molecule has 1 aliphatic heterocycles. The summed E-state index contributed by atoms with van der Waals surface area (Å²) in [6.07, 6.45) is 1.87. The molecule has 0 radical (unpaired) electrons. The van der Waals surface area contributed by atoms with Gasteiger partial charge in [-0.05, 0) is 53.8 Å². The van der Waals surface area contributed by atoms with E-state index < -0.39 is 0 Å². The fourth-order valence-electron chi connectivity index (χ4n) is 3.35. The topological polar surface area (TPSA) is 49.0 Å². The van der Waals surface area contributed by atoms with Crippen molar-refractivity contribution in [3.05, 3.63) is 47.0 Å². The van der Waals surface area contributed by atoms with Crippen LogP contribution in [0.1, 0.15) is 16.7 Å². The summed E-state index contributed by atoms with van der Waals surface area (Å²) in [7, 11) is 6.65. The van der Waals surface area contributed by atoms with E-state index in [9.17, 15) is 0 Å². The second-order valence-corrected chi connectivity index (χ2v) is 6.15. The van der Waals surface area contributed by atoms with Crippen LogP contribution in [0, 0.1) is 0 Å². The zero-order valence-electron chi connectivity index (χ0n) is 15.2. The van der Waals surface area contributed by atoms with E-state index in [0.29, 0.717) is 6.04 Å². The molecule has 0 aliphatic carbocycles. The van der Waals surface area contributed by atoms with E-state index in [2.05, 4.69) is 23.5 Å². The molecule has 5 heteroatoms. The van der Waals surface area contributed by atoms with Crippen molar-refractivity contribution in [2.24, 2.45) is 0 Å². The van der Waals surface area contributed by atoms with Crippen molar-refractivity contribution in [2.75, 3.05) is 28.4 Å². The molecule has 25 heavy (non-hydrogen) atoms. The van der Waals surface area contributed by atoms with Crippen LogP contribution in [0.15, 0.2) is 30.3 Å². The minimum atomic E-state index is 0.365. The van der Waals surface area contributed by atoms with Gasteiger partial charge in [-0.2, -0.15) is 0 Å². The van der Waals surface area contributed by atoms with Crippen LogP contribution in [0.3, 0.4) is 0 Å². The maximum Gasteiger partial charge on any atom is 0.161 e. The van der Waals surface area contributed by atoms with E-state index in [1.54, 1.807) is 28.4 Å². The Bertz CT molecular complexity index is 745. The average Bonchev–Trinajstić information content (AvgIpc) is 2.66. The standard InChI is InChI=1S/C20H25NO4/c1-22-17-6-5-13(8-18(17)23-2)7-16-9-14-10-19(24-3)20(25-4)11-15(14)12-21-16/h5-6,8,10-11,16,21H,7,9,12H2,1-4H3. The van der Waals surface area contributed by atoms with Gasteiger partial charge in [-0.1, -0.05) is 6.07 Å². The van der Waals surface area contributed by atoms with Crippen molar-refractivity contribution in [1.82, 2.24) is 5.32 Å². The first kappa shape index (κ1) is 17.4. The number of hydrogen-bond acceptors (Lipinski definition) is 5. The molecular formula is C20H25NO4. The number of hydrogen-bond donors (Lipinski definition) is 1. The molecule has 0 bridgehead atoms. The van der Waals surface area contributed by atoms with Gasteiger partial charge in [-0.25, -0.2) is 0 Å². The molecule has 134 valence electrons.